The number of rotatable bonds is 9. The maximum absolute atomic E-state index is 14.7. The molecule has 10 nitrogen and oxygen atoms in total. The highest BCUT2D eigenvalue weighted by atomic mass is 19.1. The number of carbonyl (C=O) groups is 1. The Morgan fingerprint density at radius 2 is 1.73 bits per heavy atom. The molecule has 208 valence electrons. The van der Waals surface area contributed by atoms with Gasteiger partial charge in [0.2, 0.25) is 5.91 Å². The predicted octanol–water partition coefficient (Wildman–Crippen LogP) is 3.28. The third-order valence-electron chi connectivity index (χ3n) is 6.20. The van der Waals surface area contributed by atoms with Crippen molar-refractivity contribution < 1.29 is 23.1 Å². The van der Waals surface area contributed by atoms with E-state index in [-0.39, 0.29) is 17.7 Å². The number of hydrogen-bond donors (Lipinski definition) is 2. The monoisotopic (exact) mass is 561 g/mol. The molecule has 0 aliphatic rings. The molecule has 0 saturated carbocycles. The first-order chi connectivity index (χ1) is 19.7. The van der Waals surface area contributed by atoms with Gasteiger partial charge in [-0.25, -0.2) is 36.9 Å². The van der Waals surface area contributed by atoms with E-state index < -0.39 is 41.2 Å². The Morgan fingerprint density at radius 3 is 2.44 bits per heavy atom. The van der Waals surface area contributed by atoms with E-state index in [0.717, 1.165) is 16.8 Å². The smallest absolute Gasteiger partial charge is 0.350 e. The first-order valence-electron chi connectivity index (χ1n) is 12.2. The molecule has 5 aromatic rings. The molecule has 0 spiro atoms. The number of aromatic nitrogens is 6. The van der Waals surface area contributed by atoms with Crippen LogP contribution in [0.4, 0.5) is 18.9 Å². The van der Waals surface area contributed by atoms with E-state index in [1.807, 2.05) is 0 Å². The van der Waals surface area contributed by atoms with Gasteiger partial charge in [-0.05, 0) is 42.5 Å². The molecule has 2 aromatic heterocycles. The van der Waals surface area contributed by atoms with Crippen LogP contribution in [0.25, 0.3) is 11.8 Å². The van der Waals surface area contributed by atoms with Crippen LogP contribution < -0.4 is 11.0 Å². The molecule has 0 bridgehead atoms. The summed E-state index contributed by atoms with van der Waals surface area (Å²) in [6.07, 6.45) is 6.32. The van der Waals surface area contributed by atoms with Crippen molar-refractivity contribution >= 4 is 17.7 Å². The molecular formula is C28H22F3N7O3. The zero-order valence-electron chi connectivity index (χ0n) is 21.2. The Kier molecular flexibility index (Phi) is 7.61. The number of carbonyl (C=O) groups excluding carboxylic acids is 1. The van der Waals surface area contributed by atoms with Crippen LogP contribution in [0.5, 0.6) is 0 Å². The second-order valence-corrected chi connectivity index (χ2v) is 9.08. The lowest BCUT2D eigenvalue weighted by Crippen LogP contribution is -2.41. The van der Waals surface area contributed by atoms with E-state index in [2.05, 4.69) is 20.5 Å². The fraction of sp³-hybridized carbons (Fsp3) is 0.107. The molecule has 41 heavy (non-hydrogen) atoms. The van der Waals surface area contributed by atoms with Gasteiger partial charge in [-0.2, -0.15) is 10.2 Å². The zero-order chi connectivity index (χ0) is 29.0. The molecule has 0 radical (unpaired) electrons. The number of aliphatic hydroxyl groups is 1. The molecule has 1 atom stereocenters. The minimum absolute atomic E-state index is 0.250. The standard InChI is InChI=1S/C28H22F3N7O3/c29-20-6-11-23(25(31)13-20)28(41,14-36-17-32-16-33-36)15-38-27(40)37(18-34-38)22-9-7-21(8-10-22)35-26(39)12-5-19-3-1-2-4-24(19)30/h1-13,16-18,41H,14-15H2,(H,35,39)/b12-5+/t28-/m0/s1. The number of anilines is 1. The summed E-state index contributed by atoms with van der Waals surface area (Å²) in [5.74, 6) is -2.75. The molecule has 0 aliphatic carbocycles. The van der Waals surface area contributed by atoms with Crippen molar-refractivity contribution in [1.29, 1.82) is 0 Å². The van der Waals surface area contributed by atoms with Gasteiger partial charge in [0.15, 0.2) is 0 Å². The zero-order valence-corrected chi connectivity index (χ0v) is 21.2. The summed E-state index contributed by atoms with van der Waals surface area (Å²) in [7, 11) is 0. The van der Waals surface area contributed by atoms with Gasteiger partial charge in [-0.15, -0.1) is 0 Å². The Labute approximate surface area is 230 Å². The fourth-order valence-electron chi connectivity index (χ4n) is 4.21. The van der Waals surface area contributed by atoms with Crippen molar-refractivity contribution in [2.45, 2.75) is 18.7 Å². The second kappa shape index (κ2) is 11.4. The van der Waals surface area contributed by atoms with Crippen LogP contribution in [-0.4, -0.2) is 40.1 Å². The SMILES string of the molecule is O=C(/C=C/c1ccccc1F)Nc1ccc(-n2cnn(C[C@@](O)(Cn3cncn3)c3ccc(F)cc3F)c2=O)cc1. The molecule has 0 fully saturated rings. The van der Waals surface area contributed by atoms with Crippen LogP contribution in [0.1, 0.15) is 11.1 Å². The van der Waals surface area contributed by atoms with Crippen LogP contribution in [0.2, 0.25) is 0 Å². The lowest BCUT2D eigenvalue weighted by molar-refractivity contribution is -0.111. The first-order valence-corrected chi connectivity index (χ1v) is 12.2. The number of nitrogens with one attached hydrogen (secondary N) is 1. The summed E-state index contributed by atoms with van der Waals surface area (Å²) >= 11 is 0. The van der Waals surface area contributed by atoms with Crippen LogP contribution in [0.15, 0.2) is 96.6 Å². The van der Waals surface area contributed by atoms with Gasteiger partial charge in [-0.1, -0.05) is 24.3 Å². The summed E-state index contributed by atoms with van der Waals surface area (Å²) in [5, 5.41) is 22.2. The second-order valence-electron chi connectivity index (χ2n) is 9.08. The van der Waals surface area contributed by atoms with E-state index in [9.17, 15) is 27.9 Å². The van der Waals surface area contributed by atoms with Gasteiger partial charge < -0.3 is 10.4 Å². The molecule has 13 heteroatoms. The van der Waals surface area contributed by atoms with Gasteiger partial charge >= 0.3 is 5.69 Å². The molecule has 3 aromatic carbocycles. The van der Waals surface area contributed by atoms with E-state index in [1.54, 1.807) is 36.4 Å². The molecule has 2 heterocycles. The molecule has 0 saturated heterocycles. The summed E-state index contributed by atoms with van der Waals surface area (Å²) in [6, 6.07) is 15.0. The minimum Gasteiger partial charge on any atom is -0.381 e. The van der Waals surface area contributed by atoms with Crippen molar-refractivity contribution in [2.24, 2.45) is 0 Å². The lowest BCUT2D eigenvalue weighted by atomic mass is 9.93. The van der Waals surface area contributed by atoms with Crippen LogP contribution in [-0.2, 0) is 23.5 Å². The van der Waals surface area contributed by atoms with Crippen molar-refractivity contribution in [2.75, 3.05) is 5.32 Å². The third kappa shape index (κ3) is 6.15. The molecule has 0 aliphatic heterocycles. The third-order valence-corrected chi connectivity index (χ3v) is 6.20. The fourth-order valence-corrected chi connectivity index (χ4v) is 4.21. The Bertz CT molecular complexity index is 1770. The van der Waals surface area contributed by atoms with Gasteiger partial charge in [0.05, 0.1) is 18.8 Å². The van der Waals surface area contributed by atoms with Crippen LogP contribution >= 0.6 is 0 Å². The maximum atomic E-state index is 14.7. The van der Waals surface area contributed by atoms with Gasteiger partial charge in [0.25, 0.3) is 0 Å². The number of amides is 1. The maximum Gasteiger partial charge on any atom is 0.350 e. The Balaban J connectivity index is 1.34. The molecule has 1 amide bonds. The normalized spacial score (nSPS) is 12.9. The summed E-state index contributed by atoms with van der Waals surface area (Å²) < 4.78 is 45.4. The number of halogens is 3. The molecule has 2 N–H and O–H groups in total. The highest BCUT2D eigenvalue weighted by molar-refractivity contribution is 6.01. The quantitative estimate of drug-likeness (QED) is 0.267. The Hall–Kier alpha value is -5.30. The van der Waals surface area contributed by atoms with Crippen molar-refractivity contribution in [3.63, 3.8) is 0 Å². The van der Waals surface area contributed by atoms with E-state index in [4.69, 9.17) is 0 Å². The molecule has 0 unspecified atom stereocenters. The first kappa shape index (κ1) is 27.3. The molecule has 5 rings (SSSR count). The number of benzene rings is 3. The average Bonchev–Trinajstić information content (AvgIpc) is 3.58. The lowest BCUT2D eigenvalue weighted by Gasteiger charge is -2.28. The summed E-state index contributed by atoms with van der Waals surface area (Å²) in [5.41, 5.74) is -1.85. The van der Waals surface area contributed by atoms with Crippen LogP contribution in [0.3, 0.4) is 0 Å². The van der Waals surface area contributed by atoms with Crippen molar-refractivity contribution in [3.8, 4) is 5.69 Å². The molecular weight excluding hydrogens is 539 g/mol. The highest BCUT2D eigenvalue weighted by Gasteiger charge is 2.35. The van der Waals surface area contributed by atoms with E-state index in [1.165, 1.54) is 52.5 Å². The predicted molar refractivity (Wildman–Crippen MR) is 142 cm³/mol. The van der Waals surface area contributed by atoms with E-state index >= 15 is 0 Å². The minimum atomic E-state index is -2.04. The van der Waals surface area contributed by atoms with Gasteiger partial charge in [0, 0.05) is 29.0 Å². The summed E-state index contributed by atoms with van der Waals surface area (Å²) in [4.78, 5) is 29.2. The topological polar surface area (TPSA) is 120 Å². The van der Waals surface area contributed by atoms with Crippen molar-refractivity contribution in [1.82, 2.24) is 29.1 Å². The number of hydrogen-bond acceptors (Lipinski definition) is 6. The Morgan fingerprint density at radius 1 is 0.951 bits per heavy atom. The highest BCUT2D eigenvalue weighted by Crippen LogP contribution is 2.28. The number of nitrogens with zero attached hydrogens (tertiary/aromatic N) is 6. The largest absolute Gasteiger partial charge is 0.381 e. The van der Waals surface area contributed by atoms with Crippen LogP contribution in [0, 0.1) is 17.5 Å². The summed E-state index contributed by atoms with van der Waals surface area (Å²) in [6.45, 7) is -0.779. The average molecular weight is 562 g/mol. The van der Waals surface area contributed by atoms with E-state index in [0.29, 0.717) is 17.4 Å². The van der Waals surface area contributed by atoms with Crippen molar-refractivity contribution in [3.05, 3.63) is 131 Å². The van der Waals surface area contributed by atoms with Gasteiger partial charge in [-0.3, -0.25) is 4.79 Å². The van der Waals surface area contributed by atoms with Gasteiger partial charge in [0.1, 0.15) is 42.0 Å².